The second kappa shape index (κ2) is 7.78. The Morgan fingerprint density at radius 2 is 1.71 bits per heavy atom. The largest absolute Gasteiger partial charge is 0.351 e. The Bertz CT molecular complexity index is 866. The van der Waals surface area contributed by atoms with Crippen molar-refractivity contribution >= 4 is 11.8 Å². The summed E-state index contributed by atoms with van der Waals surface area (Å²) >= 11 is 0. The molecule has 1 saturated carbocycles. The smallest absolute Gasteiger partial charge is 0.255 e. The Kier molecular flexibility index (Phi) is 5.21. The van der Waals surface area contributed by atoms with E-state index in [2.05, 4.69) is 12.2 Å². The summed E-state index contributed by atoms with van der Waals surface area (Å²) in [6, 6.07) is 15.3. The topological polar surface area (TPSA) is 49.4 Å². The lowest BCUT2D eigenvalue weighted by Gasteiger charge is -2.30. The van der Waals surface area contributed by atoms with Gasteiger partial charge in [-0.2, -0.15) is 0 Å². The molecule has 1 heterocycles. The molecule has 1 N–H and O–H groups in total. The average Bonchev–Trinajstić information content (AvgIpc) is 2.98. The normalized spacial score (nSPS) is 24.1. The molecule has 0 aromatic heterocycles. The van der Waals surface area contributed by atoms with E-state index in [0.717, 1.165) is 42.7 Å². The molecule has 146 valence electrons. The first kappa shape index (κ1) is 18.7. The van der Waals surface area contributed by atoms with Crippen LogP contribution in [-0.2, 0) is 11.3 Å². The molecular weight excluding hydrogens is 348 g/mol. The molecule has 1 aliphatic heterocycles. The van der Waals surface area contributed by atoms with Crippen LogP contribution in [0.15, 0.2) is 48.5 Å². The molecule has 4 nitrogen and oxygen atoms in total. The number of hydrogen-bond donors (Lipinski definition) is 1. The third kappa shape index (κ3) is 3.68. The van der Waals surface area contributed by atoms with Gasteiger partial charge >= 0.3 is 0 Å². The fourth-order valence-electron chi connectivity index (χ4n) is 4.39. The molecule has 1 fully saturated rings. The summed E-state index contributed by atoms with van der Waals surface area (Å²) in [6.07, 6.45) is 4.34. The fraction of sp³-hybridized carbons (Fsp3) is 0.417. The van der Waals surface area contributed by atoms with Crippen LogP contribution in [0.5, 0.6) is 0 Å². The average molecular weight is 377 g/mol. The van der Waals surface area contributed by atoms with Crippen molar-refractivity contribution in [1.82, 2.24) is 10.2 Å². The van der Waals surface area contributed by atoms with Crippen molar-refractivity contribution in [2.45, 2.75) is 58.2 Å². The summed E-state index contributed by atoms with van der Waals surface area (Å²) in [6.45, 7) is 4.75. The number of fused-ring (bicyclic) bond motifs is 1. The molecule has 1 aliphatic carbocycles. The summed E-state index contributed by atoms with van der Waals surface area (Å²) < 4.78 is 0. The monoisotopic (exact) mass is 376 g/mol. The van der Waals surface area contributed by atoms with Crippen LogP contribution in [0.2, 0.25) is 0 Å². The van der Waals surface area contributed by atoms with Crippen LogP contribution in [-0.4, -0.2) is 22.8 Å². The summed E-state index contributed by atoms with van der Waals surface area (Å²) in [4.78, 5) is 28.0. The van der Waals surface area contributed by atoms with Gasteiger partial charge in [0, 0.05) is 18.2 Å². The molecule has 0 radical (unpaired) electrons. The first-order valence-corrected chi connectivity index (χ1v) is 10.3. The number of aryl methyl sites for hydroxylation is 1. The van der Waals surface area contributed by atoms with Crippen molar-refractivity contribution in [1.29, 1.82) is 0 Å². The summed E-state index contributed by atoms with van der Waals surface area (Å²) in [5, 5.41) is 3.23. The number of rotatable bonds is 4. The summed E-state index contributed by atoms with van der Waals surface area (Å²) in [5.74, 6) is 0.624. The van der Waals surface area contributed by atoms with Gasteiger partial charge in [-0.1, -0.05) is 55.0 Å². The molecule has 0 spiro atoms. The highest BCUT2D eigenvalue weighted by atomic mass is 16.2. The van der Waals surface area contributed by atoms with E-state index in [1.54, 1.807) is 4.90 Å². The molecule has 0 bridgehead atoms. The van der Waals surface area contributed by atoms with Gasteiger partial charge in [0.15, 0.2) is 0 Å². The Morgan fingerprint density at radius 3 is 2.43 bits per heavy atom. The van der Waals surface area contributed by atoms with Gasteiger partial charge in [0.05, 0.1) is 0 Å². The zero-order chi connectivity index (χ0) is 19.7. The lowest BCUT2D eigenvalue weighted by atomic mass is 9.87. The highest BCUT2D eigenvalue weighted by molar-refractivity contribution is 6.04. The van der Waals surface area contributed by atoms with Crippen LogP contribution in [0.3, 0.4) is 0 Å². The Labute approximate surface area is 166 Å². The SMILES string of the molecule is Cc1ccc(CN2C(=O)c3ccccc3[C@H]2C(=O)NC2CCC(C)CC2)cc1. The quantitative estimate of drug-likeness (QED) is 0.860. The van der Waals surface area contributed by atoms with Gasteiger partial charge in [-0.25, -0.2) is 0 Å². The lowest BCUT2D eigenvalue weighted by molar-refractivity contribution is -0.126. The van der Waals surface area contributed by atoms with E-state index in [-0.39, 0.29) is 17.9 Å². The van der Waals surface area contributed by atoms with E-state index < -0.39 is 6.04 Å². The highest BCUT2D eigenvalue weighted by Crippen LogP contribution is 2.35. The molecule has 2 aromatic carbocycles. The van der Waals surface area contributed by atoms with E-state index in [9.17, 15) is 9.59 Å². The summed E-state index contributed by atoms with van der Waals surface area (Å²) in [7, 11) is 0. The van der Waals surface area contributed by atoms with Crippen molar-refractivity contribution in [2.75, 3.05) is 0 Å². The molecule has 0 unspecified atom stereocenters. The van der Waals surface area contributed by atoms with E-state index >= 15 is 0 Å². The number of hydrogen-bond acceptors (Lipinski definition) is 2. The van der Waals surface area contributed by atoms with Gasteiger partial charge in [-0.05, 0) is 55.7 Å². The van der Waals surface area contributed by atoms with Crippen LogP contribution in [0, 0.1) is 12.8 Å². The number of benzene rings is 2. The maximum absolute atomic E-state index is 13.3. The number of amides is 2. The van der Waals surface area contributed by atoms with Gasteiger partial charge in [0.25, 0.3) is 5.91 Å². The van der Waals surface area contributed by atoms with Gasteiger partial charge in [-0.3, -0.25) is 9.59 Å². The second-order valence-electron chi connectivity index (χ2n) is 8.37. The van der Waals surface area contributed by atoms with Crippen LogP contribution >= 0.6 is 0 Å². The van der Waals surface area contributed by atoms with E-state index in [1.165, 1.54) is 5.56 Å². The Hall–Kier alpha value is -2.62. The Morgan fingerprint density at radius 1 is 1.04 bits per heavy atom. The van der Waals surface area contributed by atoms with Gasteiger partial charge in [0.1, 0.15) is 6.04 Å². The molecule has 2 aromatic rings. The number of carbonyl (C=O) groups is 2. The predicted molar refractivity (Wildman–Crippen MR) is 110 cm³/mol. The van der Waals surface area contributed by atoms with Crippen molar-refractivity contribution in [3.8, 4) is 0 Å². The van der Waals surface area contributed by atoms with Crippen molar-refractivity contribution in [3.63, 3.8) is 0 Å². The van der Waals surface area contributed by atoms with Crippen LogP contribution in [0.4, 0.5) is 0 Å². The summed E-state index contributed by atoms with van der Waals surface area (Å²) in [5.41, 5.74) is 3.69. The molecule has 0 saturated heterocycles. The van der Waals surface area contributed by atoms with E-state index in [1.807, 2.05) is 55.5 Å². The standard InChI is InChI=1S/C24H28N2O2/c1-16-7-11-18(12-8-16)15-26-22(20-5-3-4-6-21(20)24(26)28)23(27)25-19-13-9-17(2)10-14-19/h3-8,11-12,17,19,22H,9-10,13-15H2,1-2H3,(H,25,27)/t17?,19?,22-/m0/s1. The van der Waals surface area contributed by atoms with Crippen molar-refractivity contribution in [3.05, 3.63) is 70.8 Å². The number of carbonyl (C=O) groups excluding carboxylic acids is 2. The van der Waals surface area contributed by atoms with Crippen molar-refractivity contribution < 1.29 is 9.59 Å². The zero-order valence-corrected chi connectivity index (χ0v) is 16.7. The minimum absolute atomic E-state index is 0.0510. The maximum Gasteiger partial charge on any atom is 0.255 e. The van der Waals surface area contributed by atoms with Gasteiger partial charge in [-0.15, -0.1) is 0 Å². The van der Waals surface area contributed by atoms with Crippen LogP contribution < -0.4 is 5.32 Å². The van der Waals surface area contributed by atoms with Gasteiger partial charge in [0.2, 0.25) is 5.91 Å². The first-order chi connectivity index (χ1) is 13.5. The molecule has 28 heavy (non-hydrogen) atoms. The van der Waals surface area contributed by atoms with Crippen LogP contribution in [0.25, 0.3) is 0 Å². The molecule has 4 rings (SSSR count). The van der Waals surface area contributed by atoms with E-state index in [0.29, 0.717) is 12.1 Å². The fourth-order valence-corrected chi connectivity index (χ4v) is 4.39. The van der Waals surface area contributed by atoms with E-state index in [4.69, 9.17) is 0 Å². The first-order valence-electron chi connectivity index (χ1n) is 10.3. The lowest BCUT2D eigenvalue weighted by Crippen LogP contribution is -2.44. The van der Waals surface area contributed by atoms with Crippen molar-refractivity contribution in [2.24, 2.45) is 5.92 Å². The van der Waals surface area contributed by atoms with Crippen LogP contribution in [0.1, 0.15) is 65.7 Å². The molecule has 2 aliphatic rings. The molecule has 2 amide bonds. The molecular formula is C24H28N2O2. The minimum atomic E-state index is -0.552. The predicted octanol–water partition coefficient (Wildman–Crippen LogP) is 4.39. The third-order valence-corrected chi connectivity index (χ3v) is 6.14. The number of nitrogens with one attached hydrogen (secondary N) is 1. The minimum Gasteiger partial charge on any atom is -0.351 e. The number of nitrogens with zero attached hydrogens (tertiary/aromatic N) is 1. The molecule has 4 heteroatoms. The maximum atomic E-state index is 13.3. The molecule has 1 atom stereocenters. The second-order valence-corrected chi connectivity index (χ2v) is 8.37. The highest BCUT2D eigenvalue weighted by Gasteiger charge is 2.41. The third-order valence-electron chi connectivity index (χ3n) is 6.14. The van der Waals surface area contributed by atoms with Gasteiger partial charge < -0.3 is 10.2 Å². The Balaban J connectivity index is 1.58. The zero-order valence-electron chi connectivity index (χ0n) is 16.7.